The van der Waals surface area contributed by atoms with Gasteiger partial charge in [0.1, 0.15) is 6.10 Å². The second-order valence-corrected chi connectivity index (χ2v) is 5.11. The summed E-state index contributed by atoms with van der Waals surface area (Å²) < 4.78 is 5.37. The van der Waals surface area contributed by atoms with E-state index in [0.29, 0.717) is 12.0 Å². The van der Waals surface area contributed by atoms with E-state index >= 15 is 0 Å². The highest BCUT2D eigenvalue weighted by Gasteiger charge is 2.31. The number of hydrogen-bond acceptors (Lipinski definition) is 2. The first kappa shape index (κ1) is 11.4. The lowest BCUT2D eigenvalue weighted by Gasteiger charge is -2.20. The SMILES string of the molecule is O=C(NC1CCCC1CBr)C1CCCO1. The van der Waals surface area contributed by atoms with Gasteiger partial charge in [0, 0.05) is 18.0 Å². The molecule has 1 N–H and O–H groups in total. The van der Waals surface area contributed by atoms with E-state index < -0.39 is 0 Å². The lowest BCUT2D eigenvalue weighted by Crippen LogP contribution is -2.43. The Morgan fingerprint density at radius 3 is 2.87 bits per heavy atom. The van der Waals surface area contributed by atoms with Gasteiger partial charge >= 0.3 is 0 Å². The normalized spacial score (nSPS) is 35.7. The molecule has 3 unspecified atom stereocenters. The fraction of sp³-hybridized carbons (Fsp3) is 0.909. The van der Waals surface area contributed by atoms with Crippen molar-refractivity contribution in [3.63, 3.8) is 0 Å². The van der Waals surface area contributed by atoms with Gasteiger partial charge in [0.05, 0.1) is 0 Å². The molecule has 0 aromatic rings. The summed E-state index contributed by atoms with van der Waals surface area (Å²) >= 11 is 3.51. The van der Waals surface area contributed by atoms with E-state index in [0.717, 1.165) is 31.2 Å². The van der Waals surface area contributed by atoms with Crippen LogP contribution in [0, 0.1) is 5.92 Å². The second-order valence-electron chi connectivity index (χ2n) is 4.46. The van der Waals surface area contributed by atoms with Gasteiger partial charge in [0.25, 0.3) is 0 Å². The first-order valence-corrected chi connectivity index (χ1v) is 6.91. The Morgan fingerprint density at radius 2 is 2.20 bits per heavy atom. The van der Waals surface area contributed by atoms with Crippen LogP contribution in [0.2, 0.25) is 0 Å². The van der Waals surface area contributed by atoms with E-state index in [-0.39, 0.29) is 12.0 Å². The minimum Gasteiger partial charge on any atom is -0.368 e. The van der Waals surface area contributed by atoms with E-state index in [1.807, 2.05) is 0 Å². The van der Waals surface area contributed by atoms with Crippen LogP contribution in [0.5, 0.6) is 0 Å². The molecule has 15 heavy (non-hydrogen) atoms. The first-order chi connectivity index (χ1) is 7.31. The number of ether oxygens (including phenoxy) is 1. The molecule has 86 valence electrons. The van der Waals surface area contributed by atoms with Crippen LogP contribution in [0.3, 0.4) is 0 Å². The van der Waals surface area contributed by atoms with Crippen LogP contribution in [-0.2, 0) is 9.53 Å². The van der Waals surface area contributed by atoms with Crippen molar-refractivity contribution >= 4 is 21.8 Å². The fourth-order valence-corrected chi connectivity index (χ4v) is 3.25. The Hall–Kier alpha value is -0.0900. The third-order valence-corrected chi connectivity index (χ3v) is 4.24. The van der Waals surface area contributed by atoms with Crippen molar-refractivity contribution in [2.24, 2.45) is 5.92 Å². The molecule has 0 radical (unpaired) electrons. The number of hydrogen-bond donors (Lipinski definition) is 1. The highest BCUT2D eigenvalue weighted by atomic mass is 79.9. The number of nitrogens with one attached hydrogen (secondary N) is 1. The Morgan fingerprint density at radius 1 is 1.33 bits per heavy atom. The molecular formula is C11H18BrNO2. The molecule has 1 saturated carbocycles. The highest BCUT2D eigenvalue weighted by Crippen LogP contribution is 2.27. The van der Waals surface area contributed by atoms with Gasteiger partial charge in [0.2, 0.25) is 5.91 Å². The Labute approximate surface area is 99.1 Å². The van der Waals surface area contributed by atoms with Crippen LogP contribution < -0.4 is 5.32 Å². The third kappa shape index (κ3) is 2.72. The van der Waals surface area contributed by atoms with Gasteiger partial charge in [0.15, 0.2) is 0 Å². The van der Waals surface area contributed by atoms with Crippen molar-refractivity contribution in [1.29, 1.82) is 0 Å². The van der Waals surface area contributed by atoms with Crippen molar-refractivity contribution < 1.29 is 9.53 Å². The summed E-state index contributed by atoms with van der Waals surface area (Å²) in [5, 5.41) is 4.12. The Bertz CT molecular complexity index is 229. The number of carbonyl (C=O) groups is 1. The summed E-state index contributed by atoms with van der Waals surface area (Å²) in [6, 6.07) is 0.362. The van der Waals surface area contributed by atoms with Crippen LogP contribution in [0.15, 0.2) is 0 Å². The van der Waals surface area contributed by atoms with Gasteiger partial charge in [-0.15, -0.1) is 0 Å². The second kappa shape index (κ2) is 5.30. The molecule has 0 aromatic heterocycles. The summed E-state index contributed by atoms with van der Waals surface area (Å²) in [7, 11) is 0. The first-order valence-electron chi connectivity index (χ1n) is 5.79. The van der Waals surface area contributed by atoms with E-state index in [1.54, 1.807) is 0 Å². The minimum absolute atomic E-state index is 0.102. The molecule has 1 amide bonds. The maximum absolute atomic E-state index is 11.8. The van der Waals surface area contributed by atoms with Gasteiger partial charge in [-0.25, -0.2) is 0 Å². The molecule has 4 heteroatoms. The Balaban J connectivity index is 1.82. The van der Waals surface area contributed by atoms with Crippen molar-refractivity contribution in [1.82, 2.24) is 5.32 Å². The van der Waals surface area contributed by atoms with Crippen molar-refractivity contribution in [3.05, 3.63) is 0 Å². The monoisotopic (exact) mass is 275 g/mol. The number of carbonyl (C=O) groups excluding carboxylic acids is 1. The molecular weight excluding hydrogens is 258 g/mol. The maximum Gasteiger partial charge on any atom is 0.249 e. The van der Waals surface area contributed by atoms with Crippen LogP contribution in [0.1, 0.15) is 32.1 Å². The van der Waals surface area contributed by atoms with Crippen molar-refractivity contribution in [2.45, 2.75) is 44.2 Å². The van der Waals surface area contributed by atoms with E-state index in [4.69, 9.17) is 4.74 Å². The summed E-state index contributed by atoms with van der Waals surface area (Å²) in [4.78, 5) is 11.8. The zero-order valence-electron chi connectivity index (χ0n) is 8.88. The smallest absolute Gasteiger partial charge is 0.249 e. The zero-order chi connectivity index (χ0) is 10.7. The zero-order valence-corrected chi connectivity index (χ0v) is 10.5. The van der Waals surface area contributed by atoms with Gasteiger partial charge in [-0.05, 0) is 31.6 Å². The predicted molar refractivity (Wildman–Crippen MR) is 62.0 cm³/mol. The molecule has 0 spiro atoms. The molecule has 2 aliphatic rings. The molecule has 2 rings (SSSR count). The predicted octanol–water partition coefficient (Wildman–Crippen LogP) is 1.85. The topological polar surface area (TPSA) is 38.3 Å². The largest absolute Gasteiger partial charge is 0.368 e. The van der Waals surface area contributed by atoms with Gasteiger partial charge in [-0.3, -0.25) is 4.79 Å². The van der Waals surface area contributed by atoms with Gasteiger partial charge in [-0.1, -0.05) is 22.4 Å². The van der Waals surface area contributed by atoms with Crippen LogP contribution in [-0.4, -0.2) is 30.0 Å². The highest BCUT2D eigenvalue weighted by molar-refractivity contribution is 9.09. The fourth-order valence-electron chi connectivity index (χ4n) is 2.47. The van der Waals surface area contributed by atoms with Crippen LogP contribution >= 0.6 is 15.9 Å². The summed E-state index contributed by atoms with van der Waals surface area (Å²) in [6.45, 7) is 0.741. The van der Waals surface area contributed by atoms with E-state index in [2.05, 4.69) is 21.2 Å². The summed E-state index contributed by atoms with van der Waals surface area (Å²) in [6.07, 6.45) is 5.30. The molecule has 0 bridgehead atoms. The average Bonchev–Trinajstić information content (AvgIpc) is 2.87. The average molecular weight is 276 g/mol. The lowest BCUT2D eigenvalue weighted by molar-refractivity contribution is -0.131. The van der Waals surface area contributed by atoms with E-state index in [1.165, 1.54) is 12.8 Å². The van der Waals surface area contributed by atoms with Gasteiger partial charge < -0.3 is 10.1 Å². The van der Waals surface area contributed by atoms with Crippen molar-refractivity contribution in [2.75, 3.05) is 11.9 Å². The third-order valence-electron chi connectivity index (χ3n) is 3.41. The van der Waals surface area contributed by atoms with Gasteiger partial charge in [-0.2, -0.15) is 0 Å². The molecule has 1 saturated heterocycles. The molecule has 3 atom stereocenters. The number of amides is 1. The quantitative estimate of drug-likeness (QED) is 0.799. The molecule has 1 heterocycles. The standard InChI is InChI=1S/C11H18BrNO2/c12-7-8-3-1-4-9(8)13-11(14)10-5-2-6-15-10/h8-10H,1-7H2,(H,13,14). The number of alkyl halides is 1. The summed E-state index contributed by atoms with van der Waals surface area (Å²) in [5.74, 6) is 0.709. The van der Waals surface area contributed by atoms with Crippen LogP contribution in [0.25, 0.3) is 0 Å². The molecule has 3 nitrogen and oxygen atoms in total. The number of rotatable bonds is 3. The molecule has 1 aliphatic heterocycles. The Kier molecular flexibility index (Phi) is 4.03. The molecule has 0 aromatic carbocycles. The van der Waals surface area contributed by atoms with E-state index in [9.17, 15) is 4.79 Å². The molecule has 1 aliphatic carbocycles. The lowest BCUT2D eigenvalue weighted by atomic mass is 10.1. The molecule has 2 fully saturated rings. The van der Waals surface area contributed by atoms with Crippen LogP contribution in [0.4, 0.5) is 0 Å². The van der Waals surface area contributed by atoms with Crippen molar-refractivity contribution in [3.8, 4) is 0 Å². The minimum atomic E-state index is -0.179. The maximum atomic E-state index is 11.8. The number of halogens is 1. The summed E-state index contributed by atoms with van der Waals surface area (Å²) in [5.41, 5.74) is 0.